The molecule has 3 aromatic carbocycles. The molecule has 0 aliphatic carbocycles. The van der Waals surface area contributed by atoms with Gasteiger partial charge in [-0.15, -0.1) is 10.2 Å². The van der Waals surface area contributed by atoms with Crippen LogP contribution in [0.4, 0.5) is 28.6 Å². The van der Waals surface area contributed by atoms with Crippen LogP contribution in [0.25, 0.3) is 11.3 Å². The lowest BCUT2D eigenvalue weighted by Gasteiger charge is -2.51. The monoisotopic (exact) mass is 830 g/mol. The third kappa shape index (κ3) is 8.73. The number of hydrogen-bond acceptors (Lipinski definition) is 14. The van der Waals surface area contributed by atoms with Gasteiger partial charge in [0.2, 0.25) is 17.7 Å². The number of phenols is 1. The molecule has 0 radical (unpaired) electrons. The number of ether oxygens (including phenoxy) is 2. The molecular formula is C45H54N10O6. The van der Waals surface area contributed by atoms with E-state index in [1.54, 1.807) is 12.1 Å². The molecule has 0 spiro atoms. The Morgan fingerprint density at radius 1 is 0.869 bits per heavy atom. The minimum absolute atomic E-state index is 0.0211. The summed E-state index contributed by atoms with van der Waals surface area (Å²) < 4.78 is 12.6. The van der Waals surface area contributed by atoms with Crippen LogP contribution >= 0.6 is 0 Å². The fourth-order valence-electron chi connectivity index (χ4n) is 9.48. The number of nitrogens with two attached hydrogens (primary N) is 1. The van der Waals surface area contributed by atoms with Crippen molar-refractivity contribution in [3.8, 4) is 22.8 Å². The largest absolute Gasteiger partial charge is 0.507 e. The van der Waals surface area contributed by atoms with Gasteiger partial charge in [0.1, 0.15) is 23.6 Å². The van der Waals surface area contributed by atoms with Gasteiger partial charge in [0, 0.05) is 107 Å². The van der Waals surface area contributed by atoms with Crippen LogP contribution in [0, 0.1) is 0 Å². The van der Waals surface area contributed by atoms with Crippen LogP contribution in [0.1, 0.15) is 25.7 Å². The highest BCUT2D eigenvalue weighted by Crippen LogP contribution is 2.37. The number of nitrogens with zero attached hydrogens (tertiary/aromatic N) is 8. The molecule has 9 rings (SSSR count). The lowest BCUT2D eigenvalue weighted by Crippen LogP contribution is -2.65. The van der Waals surface area contributed by atoms with E-state index in [4.69, 9.17) is 15.2 Å². The first-order valence-electron chi connectivity index (χ1n) is 21.4. The van der Waals surface area contributed by atoms with Crippen molar-refractivity contribution in [2.45, 2.75) is 49.9 Å². The maximum Gasteiger partial charge on any atom is 0.249 e. The van der Waals surface area contributed by atoms with Crippen LogP contribution in [0.15, 0.2) is 78.9 Å². The summed E-state index contributed by atoms with van der Waals surface area (Å²) in [4.78, 5) is 50.8. The summed E-state index contributed by atoms with van der Waals surface area (Å²) in [5, 5.41) is 21.4. The number of aromatic hydroxyl groups is 1. The van der Waals surface area contributed by atoms with Crippen molar-refractivity contribution in [2.75, 3.05) is 104 Å². The first kappa shape index (κ1) is 40.3. The Hall–Kier alpha value is -6.13. The van der Waals surface area contributed by atoms with Gasteiger partial charge in [0.05, 0.1) is 43.2 Å². The van der Waals surface area contributed by atoms with Crippen LogP contribution in [-0.2, 0) is 19.1 Å². The van der Waals surface area contributed by atoms with Crippen LogP contribution in [0.5, 0.6) is 11.5 Å². The number of carbonyl (C=O) groups excluding carboxylic acids is 3. The highest BCUT2D eigenvalue weighted by Gasteiger charge is 2.39. The Balaban J connectivity index is 0.751. The SMILES string of the molecule is CN(c1cccc(N2CCN(CC(=O)N3CCC(Oc4cccc(N5[C@@H]6COC[C@H]5CN(c5cc(-c7ccccc7O)nnc5N)C6)c4)CC3)CC2)c1)C1CCC(=O)NC1=O. The molecule has 16 heteroatoms. The molecular weight excluding hydrogens is 777 g/mol. The number of imide groups is 1. The van der Waals surface area contributed by atoms with Crippen LogP contribution < -0.4 is 35.4 Å². The summed E-state index contributed by atoms with van der Waals surface area (Å²) in [5.41, 5.74) is 11.5. The van der Waals surface area contributed by atoms with Crippen LogP contribution in [-0.4, -0.2) is 146 Å². The second-order valence-electron chi connectivity index (χ2n) is 16.7. The van der Waals surface area contributed by atoms with E-state index < -0.39 is 0 Å². The zero-order valence-corrected chi connectivity index (χ0v) is 34.6. The van der Waals surface area contributed by atoms with E-state index in [-0.39, 0.29) is 47.7 Å². The van der Waals surface area contributed by atoms with Crippen LogP contribution in [0.3, 0.4) is 0 Å². The molecule has 16 nitrogen and oxygen atoms in total. The molecule has 5 aliphatic heterocycles. The number of benzene rings is 3. The van der Waals surface area contributed by atoms with Gasteiger partial charge >= 0.3 is 0 Å². The summed E-state index contributed by atoms with van der Waals surface area (Å²) in [5.74, 6) is 1.02. The molecule has 5 fully saturated rings. The Labute approximate surface area is 355 Å². The number of para-hydroxylation sites is 1. The Morgan fingerprint density at radius 3 is 2.36 bits per heavy atom. The molecule has 5 saturated heterocycles. The van der Waals surface area contributed by atoms with Crippen molar-refractivity contribution < 1.29 is 29.0 Å². The third-order valence-electron chi connectivity index (χ3n) is 12.8. The number of piperazine rings is 2. The van der Waals surface area contributed by atoms with E-state index in [0.717, 1.165) is 67.5 Å². The number of rotatable bonds is 10. The highest BCUT2D eigenvalue weighted by atomic mass is 16.5. The first-order chi connectivity index (χ1) is 29.7. The fourth-order valence-corrected chi connectivity index (χ4v) is 9.48. The maximum absolute atomic E-state index is 13.5. The average molecular weight is 831 g/mol. The Bertz CT molecular complexity index is 2230. The number of carbonyl (C=O) groups is 3. The van der Waals surface area contributed by atoms with Gasteiger partial charge in [-0.1, -0.05) is 24.3 Å². The summed E-state index contributed by atoms with van der Waals surface area (Å²) in [7, 11) is 1.90. The summed E-state index contributed by atoms with van der Waals surface area (Å²) in [6, 6.07) is 25.3. The second kappa shape index (κ2) is 17.5. The molecule has 1 unspecified atom stereocenters. The average Bonchev–Trinajstić information content (AvgIpc) is 3.27. The number of morpholine rings is 1. The summed E-state index contributed by atoms with van der Waals surface area (Å²) in [6.07, 6.45) is 2.41. The molecule has 61 heavy (non-hydrogen) atoms. The van der Waals surface area contributed by atoms with E-state index in [1.807, 2.05) is 59.3 Å². The van der Waals surface area contributed by atoms with E-state index in [9.17, 15) is 19.5 Å². The quantitative estimate of drug-likeness (QED) is 0.199. The number of nitrogens with one attached hydrogen (secondary N) is 1. The second-order valence-corrected chi connectivity index (χ2v) is 16.7. The number of likely N-dealkylation sites (tertiary alicyclic amines) is 1. The lowest BCUT2D eigenvalue weighted by atomic mass is 10.0. The van der Waals surface area contributed by atoms with Gasteiger partial charge in [-0.05, 0) is 55.0 Å². The minimum Gasteiger partial charge on any atom is -0.507 e. The lowest BCUT2D eigenvalue weighted by molar-refractivity contribution is -0.135. The Morgan fingerprint density at radius 2 is 1.61 bits per heavy atom. The molecule has 2 bridgehead atoms. The van der Waals surface area contributed by atoms with Gasteiger partial charge in [-0.25, -0.2) is 0 Å². The number of fused-ring (bicyclic) bond motifs is 2. The molecule has 3 atom stereocenters. The first-order valence-corrected chi connectivity index (χ1v) is 21.4. The number of aromatic nitrogens is 2. The molecule has 6 heterocycles. The van der Waals surface area contributed by atoms with Gasteiger partial charge in [0.15, 0.2) is 5.82 Å². The number of piperidine rings is 2. The van der Waals surface area contributed by atoms with E-state index >= 15 is 0 Å². The van der Waals surface area contributed by atoms with Crippen molar-refractivity contribution >= 4 is 46.3 Å². The number of amides is 3. The molecule has 4 aromatic rings. The molecule has 320 valence electrons. The third-order valence-corrected chi connectivity index (χ3v) is 12.8. The van der Waals surface area contributed by atoms with E-state index in [2.05, 4.69) is 59.4 Å². The number of anilines is 5. The number of likely N-dealkylation sites (N-methyl/N-ethyl adjacent to an activating group) is 1. The standard InChI is InChI=1S/C45H54N10O6/c1-50(39-12-13-42(57)47-45(39)59)30-6-4-7-31(22-30)52-20-18-51(19-21-52)27-43(58)53-16-14-35(15-17-53)61-36-9-5-8-32(23-36)55-33-25-54(26-34(55)29-60-28-33)40-24-38(48-49-44(40)46)37-10-2-3-11-41(37)56/h2-11,22-24,33-35,39,56H,12-21,25-29H2,1H3,(H2,46,49)(H,47,57,59)/t33-,34+,39?. The van der Waals surface area contributed by atoms with Crippen LogP contribution in [0.2, 0.25) is 0 Å². The number of nitrogen functional groups attached to an aromatic ring is 1. The zero-order chi connectivity index (χ0) is 42.0. The van der Waals surface area contributed by atoms with Crippen molar-refractivity contribution in [2.24, 2.45) is 0 Å². The topological polar surface area (TPSA) is 173 Å². The fraction of sp³-hybridized carbons (Fsp3) is 0.444. The molecule has 5 aliphatic rings. The normalized spacial score (nSPS) is 22.5. The molecule has 1 aromatic heterocycles. The van der Waals surface area contributed by atoms with Crippen molar-refractivity contribution in [1.82, 2.24) is 25.3 Å². The summed E-state index contributed by atoms with van der Waals surface area (Å²) >= 11 is 0. The van der Waals surface area contributed by atoms with Gasteiger partial charge in [-0.3, -0.25) is 24.6 Å². The smallest absolute Gasteiger partial charge is 0.249 e. The molecule has 0 saturated carbocycles. The van der Waals surface area contributed by atoms with Gasteiger partial charge in [0.25, 0.3) is 0 Å². The highest BCUT2D eigenvalue weighted by molar-refractivity contribution is 6.01. The van der Waals surface area contributed by atoms with E-state index in [0.29, 0.717) is 75.9 Å². The van der Waals surface area contributed by atoms with Gasteiger partial charge < -0.3 is 44.8 Å². The minimum atomic E-state index is -0.375. The van der Waals surface area contributed by atoms with Gasteiger partial charge in [-0.2, -0.15) is 0 Å². The number of phenolic OH excluding ortho intramolecular Hbond substituents is 1. The van der Waals surface area contributed by atoms with E-state index in [1.165, 1.54) is 0 Å². The van der Waals surface area contributed by atoms with Crippen molar-refractivity contribution in [3.05, 3.63) is 78.9 Å². The Kier molecular flexibility index (Phi) is 11.5. The number of hydrogen-bond donors (Lipinski definition) is 3. The predicted octanol–water partition coefficient (Wildman–Crippen LogP) is 2.96. The van der Waals surface area contributed by atoms with Crippen molar-refractivity contribution in [3.63, 3.8) is 0 Å². The summed E-state index contributed by atoms with van der Waals surface area (Å²) in [6.45, 7) is 7.42. The zero-order valence-electron chi connectivity index (χ0n) is 34.6. The molecule has 4 N–H and O–H groups in total. The van der Waals surface area contributed by atoms with Crippen molar-refractivity contribution in [1.29, 1.82) is 0 Å². The maximum atomic E-state index is 13.5. The predicted molar refractivity (Wildman–Crippen MR) is 233 cm³/mol. The molecule has 3 amide bonds.